The number of aromatic hydroxyl groups is 1. The van der Waals surface area contributed by atoms with Crippen LogP contribution in [0.3, 0.4) is 0 Å². The highest BCUT2D eigenvalue weighted by Crippen LogP contribution is 2.46. The van der Waals surface area contributed by atoms with Crippen molar-refractivity contribution in [1.29, 1.82) is 0 Å². The third-order valence-electron chi connectivity index (χ3n) is 5.16. The van der Waals surface area contributed by atoms with Crippen molar-refractivity contribution in [3.05, 3.63) is 72.9 Å². The number of phenols is 1. The fourth-order valence-corrected chi connectivity index (χ4v) is 5.41. The Balaban J connectivity index is 2.26. The molecule has 0 aliphatic rings. The summed E-state index contributed by atoms with van der Waals surface area (Å²) >= 11 is 4.63. The Morgan fingerprint density at radius 1 is 0.759 bits per heavy atom. The molecule has 5 heteroatoms. The smallest absolute Gasteiger partial charge is 0.137 e. The molecule has 1 N–H and O–H groups in total. The first-order chi connectivity index (χ1) is 14.1. The first-order valence-electron chi connectivity index (χ1n) is 9.18. The van der Waals surface area contributed by atoms with Crippen LogP contribution in [-0.2, 0) is 22.7 Å². The lowest BCUT2D eigenvalue weighted by molar-refractivity contribution is 0.183. The molecule has 29 heavy (non-hydrogen) atoms. The quantitative estimate of drug-likeness (QED) is 0.251. The topological polar surface area (TPSA) is 38.7 Å². The molecular weight excluding hydrogens is 590 g/mol. The average molecular weight is 610 g/mol. The standard InChI is InChI=1S/C24H20I2O3/c1-28-12-18-20(25)11-14-7-3-4-8-15(14)21(18)22-16-9-5-6-10-17(16)24(27)23(26)19(22)13-29-2/h3-11,27H,12-13H2,1-2H3. The Hall–Kier alpha value is -1.42. The molecule has 0 aliphatic heterocycles. The summed E-state index contributed by atoms with van der Waals surface area (Å²) in [5.74, 6) is 0.306. The minimum absolute atomic E-state index is 0.306. The molecule has 0 spiro atoms. The Morgan fingerprint density at radius 3 is 2.00 bits per heavy atom. The summed E-state index contributed by atoms with van der Waals surface area (Å²) in [6, 6.07) is 18.7. The zero-order valence-electron chi connectivity index (χ0n) is 16.1. The summed E-state index contributed by atoms with van der Waals surface area (Å²) in [7, 11) is 3.42. The number of rotatable bonds is 5. The van der Waals surface area contributed by atoms with Gasteiger partial charge in [-0.3, -0.25) is 0 Å². The molecule has 4 rings (SSSR count). The Labute approximate surface area is 197 Å². The van der Waals surface area contributed by atoms with Gasteiger partial charge in [-0.1, -0.05) is 48.5 Å². The van der Waals surface area contributed by atoms with Gasteiger partial charge in [0.05, 0.1) is 16.8 Å². The first-order valence-corrected chi connectivity index (χ1v) is 11.3. The molecule has 0 fully saturated rings. The van der Waals surface area contributed by atoms with Gasteiger partial charge >= 0.3 is 0 Å². The third kappa shape index (κ3) is 3.62. The van der Waals surface area contributed by atoms with Gasteiger partial charge in [0.25, 0.3) is 0 Å². The van der Waals surface area contributed by atoms with E-state index in [0.29, 0.717) is 19.0 Å². The van der Waals surface area contributed by atoms with Gasteiger partial charge in [-0.15, -0.1) is 0 Å². The van der Waals surface area contributed by atoms with Crippen LogP contribution in [0.2, 0.25) is 0 Å². The second-order valence-corrected chi connectivity index (χ2v) is 9.10. The Bertz CT molecular complexity index is 1220. The molecule has 0 heterocycles. The minimum atomic E-state index is 0.306. The highest BCUT2D eigenvalue weighted by Gasteiger charge is 2.23. The number of benzene rings is 4. The van der Waals surface area contributed by atoms with Crippen LogP contribution in [0.4, 0.5) is 0 Å². The van der Waals surface area contributed by atoms with Gasteiger partial charge < -0.3 is 14.6 Å². The predicted molar refractivity (Wildman–Crippen MR) is 135 cm³/mol. The maximum absolute atomic E-state index is 10.9. The second-order valence-electron chi connectivity index (χ2n) is 6.86. The van der Waals surface area contributed by atoms with Crippen molar-refractivity contribution >= 4 is 66.7 Å². The number of hydrogen-bond acceptors (Lipinski definition) is 3. The van der Waals surface area contributed by atoms with Crippen LogP contribution in [0.15, 0.2) is 54.6 Å². The minimum Gasteiger partial charge on any atom is -0.506 e. The number of phenolic OH excluding ortho intramolecular Hbond substituents is 1. The van der Waals surface area contributed by atoms with E-state index < -0.39 is 0 Å². The van der Waals surface area contributed by atoms with Crippen molar-refractivity contribution in [1.82, 2.24) is 0 Å². The Kier molecular flexibility index (Phi) is 6.29. The van der Waals surface area contributed by atoms with Gasteiger partial charge in [0.15, 0.2) is 0 Å². The highest BCUT2D eigenvalue weighted by atomic mass is 127. The van der Waals surface area contributed by atoms with Gasteiger partial charge in [-0.2, -0.15) is 0 Å². The molecule has 0 radical (unpaired) electrons. The Morgan fingerprint density at radius 2 is 1.31 bits per heavy atom. The van der Waals surface area contributed by atoms with Crippen LogP contribution in [0.25, 0.3) is 32.7 Å². The largest absolute Gasteiger partial charge is 0.506 e. The summed E-state index contributed by atoms with van der Waals surface area (Å²) in [5, 5.41) is 15.1. The summed E-state index contributed by atoms with van der Waals surface area (Å²) in [4.78, 5) is 0. The van der Waals surface area contributed by atoms with Gasteiger partial charge in [0.2, 0.25) is 0 Å². The fraction of sp³-hybridized carbons (Fsp3) is 0.167. The SMILES string of the molecule is COCc1c(I)cc2ccccc2c1-c1c(COC)c(I)c(O)c2ccccc12. The fourth-order valence-electron chi connectivity index (χ4n) is 3.93. The van der Waals surface area contributed by atoms with E-state index in [0.717, 1.165) is 40.2 Å². The monoisotopic (exact) mass is 610 g/mol. The van der Waals surface area contributed by atoms with Crippen molar-refractivity contribution in [2.24, 2.45) is 0 Å². The molecule has 0 amide bonds. The number of halogens is 2. The molecule has 0 aromatic heterocycles. The molecule has 0 aliphatic carbocycles. The molecule has 0 bridgehead atoms. The summed E-state index contributed by atoms with van der Waals surface area (Å²) in [6.07, 6.45) is 0. The van der Waals surface area contributed by atoms with E-state index in [2.05, 4.69) is 81.6 Å². The average Bonchev–Trinajstić information content (AvgIpc) is 2.73. The number of ether oxygens (including phenoxy) is 2. The molecular formula is C24H20I2O3. The van der Waals surface area contributed by atoms with E-state index in [-0.39, 0.29) is 0 Å². The van der Waals surface area contributed by atoms with Crippen LogP contribution in [0.1, 0.15) is 11.1 Å². The van der Waals surface area contributed by atoms with Crippen molar-refractivity contribution in [2.75, 3.05) is 14.2 Å². The summed E-state index contributed by atoms with van der Waals surface area (Å²) in [6.45, 7) is 0.925. The van der Waals surface area contributed by atoms with Crippen molar-refractivity contribution in [2.45, 2.75) is 13.2 Å². The van der Waals surface area contributed by atoms with Gasteiger partial charge in [0, 0.05) is 28.7 Å². The third-order valence-corrected chi connectivity index (χ3v) is 7.28. The second kappa shape index (κ2) is 8.75. The zero-order valence-corrected chi connectivity index (χ0v) is 20.4. The first kappa shape index (κ1) is 20.8. The highest BCUT2D eigenvalue weighted by molar-refractivity contribution is 14.1. The summed E-state index contributed by atoms with van der Waals surface area (Å²) < 4.78 is 13.2. The maximum Gasteiger partial charge on any atom is 0.137 e. The van der Waals surface area contributed by atoms with Crippen LogP contribution in [-0.4, -0.2) is 19.3 Å². The van der Waals surface area contributed by atoms with Crippen molar-refractivity contribution in [3.63, 3.8) is 0 Å². The molecule has 0 saturated heterocycles. The van der Waals surface area contributed by atoms with E-state index >= 15 is 0 Å². The van der Waals surface area contributed by atoms with Crippen LogP contribution in [0, 0.1) is 7.14 Å². The summed E-state index contributed by atoms with van der Waals surface area (Å²) in [5.41, 5.74) is 4.39. The number of methoxy groups -OCH3 is 2. The van der Waals surface area contributed by atoms with Gasteiger partial charge in [-0.05, 0) is 84.1 Å². The van der Waals surface area contributed by atoms with E-state index in [1.165, 1.54) is 10.8 Å². The van der Waals surface area contributed by atoms with Crippen molar-refractivity contribution < 1.29 is 14.6 Å². The zero-order chi connectivity index (χ0) is 20.5. The van der Waals surface area contributed by atoms with Gasteiger partial charge in [0.1, 0.15) is 5.75 Å². The molecule has 0 atom stereocenters. The van der Waals surface area contributed by atoms with E-state index in [9.17, 15) is 5.11 Å². The lowest BCUT2D eigenvalue weighted by atomic mass is 9.87. The lowest BCUT2D eigenvalue weighted by Crippen LogP contribution is -2.03. The van der Waals surface area contributed by atoms with Gasteiger partial charge in [-0.25, -0.2) is 0 Å². The number of hydrogen-bond donors (Lipinski definition) is 1. The predicted octanol–water partition coefficient (Wildman–Crippen LogP) is 6.87. The van der Waals surface area contributed by atoms with Crippen LogP contribution in [0.5, 0.6) is 5.75 Å². The molecule has 4 aromatic carbocycles. The molecule has 4 aromatic rings. The lowest BCUT2D eigenvalue weighted by Gasteiger charge is -2.22. The number of fused-ring (bicyclic) bond motifs is 2. The maximum atomic E-state index is 10.9. The molecule has 0 unspecified atom stereocenters. The molecule has 0 saturated carbocycles. The van der Waals surface area contributed by atoms with Crippen LogP contribution >= 0.6 is 45.2 Å². The van der Waals surface area contributed by atoms with Crippen LogP contribution < -0.4 is 0 Å². The van der Waals surface area contributed by atoms with E-state index in [4.69, 9.17) is 9.47 Å². The molecule has 3 nitrogen and oxygen atoms in total. The van der Waals surface area contributed by atoms with E-state index in [1.54, 1.807) is 14.2 Å². The normalized spacial score (nSPS) is 11.4. The van der Waals surface area contributed by atoms with E-state index in [1.807, 2.05) is 18.2 Å². The molecule has 148 valence electrons. The van der Waals surface area contributed by atoms with Crippen molar-refractivity contribution in [3.8, 4) is 16.9 Å².